The fraction of sp³-hybridized carbons (Fsp3) is 0.818. The molecule has 0 heterocycles. The van der Waals surface area contributed by atoms with Crippen LogP contribution in [0.5, 0.6) is 0 Å². The normalized spacial score (nSPS) is 13.8. The predicted octanol–water partition coefficient (Wildman–Crippen LogP) is 3.00. The Morgan fingerprint density at radius 2 is 1.29 bits per heavy atom. The molecule has 10 heteroatoms. The van der Waals surface area contributed by atoms with Gasteiger partial charge in [-0.1, -0.05) is 6.92 Å². The molecule has 0 saturated heterocycles. The maximum absolute atomic E-state index is 12.9. The van der Waals surface area contributed by atoms with Gasteiger partial charge in [0.1, 0.15) is 0 Å². The number of alkyl halides is 6. The number of methoxy groups -OCH3 is 1. The van der Waals surface area contributed by atoms with Gasteiger partial charge in [-0.15, -0.1) is 0 Å². The van der Waals surface area contributed by atoms with Gasteiger partial charge in [0.25, 0.3) is 0 Å². The van der Waals surface area contributed by atoms with E-state index in [-0.39, 0.29) is 6.42 Å². The van der Waals surface area contributed by atoms with E-state index in [2.05, 4.69) is 9.47 Å². The number of carbonyl (C=O) groups is 2. The highest BCUT2D eigenvalue weighted by Crippen LogP contribution is 2.47. The molecule has 0 aliphatic rings. The highest BCUT2D eigenvalue weighted by atomic mass is 19.4. The molecule has 0 aromatic carbocycles. The maximum Gasteiger partial charge on any atom is 0.449 e. The van der Waals surface area contributed by atoms with E-state index in [1.54, 1.807) is 0 Å². The Bertz CT molecular complexity index is 396. The zero-order valence-electron chi connectivity index (χ0n) is 11.6. The quantitative estimate of drug-likeness (QED) is 0.589. The predicted molar refractivity (Wildman–Crippen MR) is 57.0 cm³/mol. The average molecular weight is 324 g/mol. The molecule has 124 valence electrons. The van der Waals surface area contributed by atoms with Crippen molar-refractivity contribution in [2.45, 2.75) is 45.1 Å². The van der Waals surface area contributed by atoms with E-state index in [0.29, 0.717) is 7.11 Å². The fourth-order valence-electron chi connectivity index (χ4n) is 1.11. The van der Waals surface area contributed by atoms with Crippen LogP contribution in [0, 0.1) is 5.41 Å². The van der Waals surface area contributed by atoms with Crippen LogP contribution in [-0.2, 0) is 19.1 Å². The molecule has 0 aliphatic heterocycles. The molecule has 21 heavy (non-hydrogen) atoms. The van der Waals surface area contributed by atoms with Crippen molar-refractivity contribution in [3.63, 3.8) is 0 Å². The molecule has 0 aromatic rings. The molecule has 0 aromatic heterocycles. The van der Waals surface area contributed by atoms with Crippen LogP contribution < -0.4 is 0 Å². The molecule has 0 N–H and O–H groups in total. The summed E-state index contributed by atoms with van der Waals surface area (Å²) in [4.78, 5) is 22.7. The summed E-state index contributed by atoms with van der Waals surface area (Å²) in [6.45, 7) is 3.54. The van der Waals surface area contributed by atoms with Crippen LogP contribution in [0.1, 0.15) is 27.2 Å². The molecule has 0 bridgehead atoms. The molecule has 0 rings (SSSR count). The van der Waals surface area contributed by atoms with Crippen LogP contribution in [0.15, 0.2) is 0 Å². The minimum atomic E-state index is -6.22. The smallest absolute Gasteiger partial charge is 0.449 e. The van der Waals surface area contributed by atoms with Gasteiger partial charge in [-0.3, -0.25) is 4.79 Å². The number of rotatable bonds is 4. The van der Waals surface area contributed by atoms with Crippen molar-refractivity contribution in [1.82, 2.24) is 0 Å². The van der Waals surface area contributed by atoms with Crippen LogP contribution in [-0.4, -0.2) is 37.0 Å². The fourth-order valence-corrected chi connectivity index (χ4v) is 1.11. The maximum atomic E-state index is 12.9. The summed E-state index contributed by atoms with van der Waals surface area (Å²) in [5.41, 5.74) is -6.99. The van der Waals surface area contributed by atoms with Crippen molar-refractivity contribution in [3.8, 4) is 0 Å². The summed E-state index contributed by atoms with van der Waals surface area (Å²) in [7, 11) is 0.327. The van der Waals surface area contributed by atoms with Crippen LogP contribution in [0.3, 0.4) is 0 Å². The zero-order valence-corrected chi connectivity index (χ0v) is 11.6. The Labute approximate surface area is 116 Å². The Morgan fingerprint density at radius 1 is 0.905 bits per heavy atom. The van der Waals surface area contributed by atoms with Gasteiger partial charge in [-0.25, -0.2) is 4.79 Å². The van der Waals surface area contributed by atoms with Gasteiger partial charge >= 0.3 is 29.9 Å². The van der Waals surface area contributed by atoms with E-state index in [9.17, 15) is 35.9 Å². The number of ether oxygens (including phenoxy) is 2. The second-order valence-corrected chi connectivity index (χ2v) is 4.80. The van der Waals surface area contributed by atoms with E-state index in [1.807, 2.05) is 0 Å². The van der Waals surface area contributed by atoms with Crippen LogP contribution >= 0.6 is 0 Å². The molecule has 0 unspecified atom stereocenters. The number of esters is 2. The SMILES string of the molecule is CCC(C)(C)C(=O)OC(C(=O)OC)(C(F)(F)F)C(F)(F)F. The summed E-state index contributed by atoms with van der Waals surface area (Å²) in [5, 5.41) is 0. The topological polar surface area (TPSA) is 52.6 Å². The summed E-state index contributed by atoms with van der Waals surface area (Å²) in [6, 6.07) is 0. The van der Waals surface area contributed by atoms with Gasteiger partial charge in [0.15, 0.2) is 0 Å². The first-order valence-electron chi connectivity index (χ1n) is 5.62. The van der Waals surface area contributed by atoms with Crippen molar-refractivity contribution < 1.29 is 45.4 Å². The van der Waals surface area contributed by atoms with E-state index in [1.165, 1.54) is 6.92 Å². The van der Waals surface area contributed by atoms with E-state index < -0.39 is 35.3 Å². The Balaban J connectivity index is 6.07. The molecular formula is C11H14F6O4. The largest absolute Gasteiger partial charge is 0.466 e. The molecule has 0 atom stereocenters. The zero-order chi connectivity index (χ0) is 17.3. The number of carbonyl (C=O) groups excluding carboxylic acids is 2. The lowest BCUT2D eigenvalue weighted by Gasteiger charge is -2.35. The minimum absolute atomic E-state index is 0.0984. The molecule has 0 amide bonds. The summed E-state index contributed by atoms with van der Waals surface area (Å²) >= 11 is 0. The summed E-state index contributed by atoms with van der Waals surface area (Å²) in [6.07, 6.45) is -12.5. The molecule has 0 aliphatic carbocycles. The Morgan fingerprint density at radius 3 is 1.52 bits per heavy atom. The third-order valence-electron chi connectivity index (χ3n) is 2.95. The van der Waals surface area contributed by atoms with Gasteiger partial charge in [0.05, 0.1) is 12.5 Å². The third-order valence-corrected chi connectivity index (χ3v) is 2.95. The standard InChI is InChI=1S/C11H14F6O4/c1-5-8(2,3)6(18)21-9(7(19)20-4,10(12,13)14)11(15,16)17/h5H2,1-4H3. The molecular weight excluding hydrogens is 310 g/mol. The van der Waals surface area contributed by atoms with Crippen molar-refractivity contribution in [3.05, 3.63) is 0 Å². The van der Waals surface area contributed by atoms with Crippen LogP contribution in [0.4, 0.5) is 26.3 Å². The lowest BCUT2D eigenvalue weighted by atomic mass is 9.90. The molecule has 0 fully saturated rings. The first kappa shape index (κ1) is 19.5. The Hall–Kier alpha value is -1.48. The Kier molecular flexibility index (Phi) is 5.32. The van der Waals surface area contributed by atoms with Gasteiger partial charge < -0.3 is 9.47 Å². The summed E-state index contributed by atoms with van der Waals surface area (Å²) < 4.78 is 84.3. The lowest BCUT2D eigenvalue weighted by molar-refractivity contribution is -0.360. The van der Waals surface area contributed by atoms with Crippen molar-refractivity contribution in [1.29, 1.82) is 0 Å². The monoisotopic (exact) mass is 324 g/mol. The first-order chi connectivity index (χ1) is 9.17. The van der Waals surface area contributed by atoms with Crippen molar-refractivity contribution in [2.75, 3.05) is 7.11 Å². The average Bonchev–Trinajstić information content (AvgIpc) is 2.31. The number of halogens is 6. The van der Waals surface area contributed by atoms with Crippen molar-refractivity contribution >= 4 is 11.9 Å². The number of hydrogen-bond acceptors (Lipinski definition) is 4. The highest BCUT2D eigenvalue weighted by molar-refractivity contribution is 5.87. The van der Waals surface area contributed by atoms with E-state index in [4.69, 9.17) is 0 Å². The third kappa shape index (κ3) is 3.41. The molecule has 0 saturated carbocycles. The van der Waals surface area contributed by atoms with E-state index >= 15 is 0 Å². The molecule has 0 spiro atoms. The molecule has 4 nitrogen and oxygen atoms in total. The van der Waals surface area contributed by atoms with Gasteiger partial charge in [-0.2, -0.15) is 26.3 Å². The number of hydrogen-bond donors (Lipinski definition) is 0. The lowest BCUT2D eigenvalue weighted by Crippen LogP contribution is -2.66. The summed E-state index contributed by atoms with van der Waals surface area (Å²) in [5.74, 6) is -4.58. The second kappa shape index (κ2) is 5.72. The highest BCUT2D eigenvalue weighted by Gasteiger charge is 2.80. The van der Waals surface area contributed by atoms with Gasteiger partial charge in [-0.05, 0) is 20.3 Å². The van der Waals surface area contributed by atoms with Crippen molar-refractivity contribution in [2.24, 2.45) is 5.41 Å². The van der Waals surface area contributed by atoms with Gasteiger partial charge in [0, 0.05) is 0 Å². The van der Waals surface area contributed by atoms with Crippen LogP contribution in [0.25, 0.3) is 0 Å². The second-order valence-electron chi connectivity index (χ2n) is 4.80. The molecule has 0 radical (unpaired) electrons. The van der Waals surface area contributed by atoms with E-state index in [0.717, 1.165) is 13.8 Å². The minimum Gasteiger partial charge on any atom is -0.466 e. The first-order valence-corrected chi connectivity index (χ1v) is 5.62. The van der Waals surface area contributed by atoms with Crippen LogP contribution in [0.2, 0.25) is 0 Å². The van der Waals surface area contributed by atoms with Gasteiger partial charge in [0.2, 0.25) is 0 Å².